The lowest BCUT2D eigenvalue weighted by atomic mass is 10.0. The van der Waals surface area contributed by atoms with Gasteiger partial charge in [0.05, 0.1) is 0 Å². The number of unbranched alkanes of at least 4 members (excludes halogenated alkanes) is 15. The topological polar surface area (TPSA) is 30.7 Å². The number of benzene rings is 1. The van der Waals surface area contributed by atoms with Gasteiger partial charge in [-0.1, -0.05) is 132 Å². The largest absolute Gasteiger partial charge is 0.274 e. The van der Waals surface area contributed by atoms with E-state index < -0.39 is 0 Å². The summed E-state index contributed by atoms with van der Waals surface area (Å²) < 4.78 is 2.14. The van der Waals surface area contributed by atoms with E-state index in [1.54, 1.807) is 10.8 Å². The molecular formula is C27H45N3S2. The predicted molar refractivity (Wildman–Crippen MR) is 144 cm³/mol. The lowest BCUT2D eigenvalue weighted by molar-refractivity contribution is 0.532. The van der Waals surface area contributed by atoms with Crippen molar-refractivity contribution >= 4 is 21.6 Å². The van der Waals surface area contributed by atoms with Gasteiger partial charge in [0.2, 0.25) is 5.16 Å². The van der Waals surface area contributed by atoms with Gasteiger partial charge in [-0.25, -0.2) is 0 Å². The van der Waals surface area contributed by atoms with Crippen LogP contribution in [0.1, 0.15) is 115 Å². The first kappa shape index (κ1) is 27.3. The average Bonchev–Trinajstić information content (AvgIpc) is 3.19. The monoisotopic (exact) mass is 475 g/mol. The van der Waals surface area contributed by atoms with E-state index in [4.69, 9.17) is 0 Å². The zero-order valence-electron chi connectivity index (χ0n) is 20.6. The summed E-state index contributed by atoms with van der Waals surface area (Å²) in [6.07, 6.45) is 22.8. The van der Waals surface area contributed by atoms with Crippen molar-refractivity contribution in [2.24, 2.45) is 0 Å². The number of aromatic nitrogens is 3. The summed E-state index contributed by atoms with van der Waals surface area (Å²) in [4.78, 5) is 0. The second kappa shape index (κ2) is 18.5. The van der Waals surface area contributed by atoms with E-state index in [0.717, 1.165) is 16.7 Å². The molecule has 0 spiro atoms. The highest BCUT2D eigenvalue weighted by Gasteiger charge is 2.11. The molecule has 0 aliphatic rings. The van der Waals surface area contributed by atoms with E-state index in [0.29, 0.717) is 0 Å². The van der Waals surface area contributed by atoms with Gasteiger partial charge in [-0.2, -0.15) is 0 Å². The van der Waals surface area contributed by atoms with Crippen LogP contribution < -0.4 is 0 Å². The smallest absolute Gasteiger partial charge is 0.206 e. The first-order valence-corrected chi connectivity index (χ1v) is 15.4. The first-order chi connectivity index (χ1) is 15.8. The third kappa shape index (κ3) is 11.8. The molecule has 0 N–H and O–H groups in total. The van der Waals surface area contributed by atoms with Crippen LogP contribution in [0.25, 0.3) is 5.69 Å². The van der Waals surface area contributed by atoms with Crippen molar-refractivity contribution < 1.29 is 0 Å². The molecule has 5 heteroatoms. The van der Waals surface area contributed by atoms with Gasteiger partial charge in [0, 0.05) is 11.4 Å². The molecule has 1 aromatic carbocycles. The molecule has 0 fully saturated rings. The molecule has 0 bridgehead atoms. The summed E-state index contributed by atoms with van der Waals surface area (Å²) in [5, 5.41) is 9.61. The molecule has 180 valence electrons. The third-order valence-electron chi connectivity index (χ3n) is 6.02. The van der Waals surface area contributed by atoms with Crippen LogP contribution >= 0.6 is 21.6 Å². The number of nitrogens with zero attached hydrogens (tertiary/aromatic N) is 3. The Morgan fingerprint density at radius 3 is 1.69 bits per heavy atom. The number of rotatable bonds is 20. The number of hydrogen-bond acceptors (Lipinski definition) is 4. The van der Waals surface area contributed by atoms with Crippen LogP contribution in [0, 0.1) is 6.92 Å². The summed E-state index contributed by atoms with van der Waals surface area (Å²) in [5.74, 6) is 2.13. The summed E-state index contributed by atoms with van der Waals surface area (Å²) in [7, 11) is 3.66. The maximum atomic E-state index is 4.36. The van der Waals surface area contributed by atoms with Gasteiger partial charge >= 0.3 is 0 Å². The Bertz CT molecular complexity index is 687. The van der Waals surface area contributed by atoms with Crippen LogP contribution in [-0.4, -0.2) is 20.5 Å². The van der Waals surface area contributed by atoms with Crippen molar-refractivity contribution in [1.29, 1.82) is 0 Å². The maximum Gasteiger partial charge on any atom is 0.206 e. The van der Waals surface area contributed by atoms with Gasteiger partial charge in [0.15, 0.2) is 0 Å². The van der Waals surface area contributed by atoms with Crippen molar-refractivity contribution in [1.82, 2.24) is 14.8 Å². The summed E-state index contributed by atoms with van der Waals surface area (Å²) in [6.45, 7) is 4.31. The molecule has 32 heavy (non-hydrogen) atoms. The number of hydrogen-bond donors (Lipinski definition) is 0. The highest BCUT2D eigenvalue weighted by atomic mass is 33.1. The van der Waals surface area contributed by atoms with Crippen molar-refractivity contribution in [2.45, 2.75) is 122 Å². The molecule has 0 amide bonds. The molecule has 2 rings (SSSR count). The van der Waals surface area contributed by atoms with E-state index in [9.17, 15) is 0 Å². The van der Waals surface area contributed by atoms with Gasteiger partial charge < -0.3 is 0 Å². The summed E-state index contributed by atoms with van der Waals surface area (Å²) in [6, 6.07) is 10.4. The molecule has 1 heterocycles. The molecule has 1 aromatic heterocycles. The Kier molecular flexibility index (Phi) is 15.8. The second-order valence-corrected chi connectivity index (χ2v) is 11.3. The van der Waals surface area contributed by atoms with Gasteiger partial charge in [-0.05, 0) is 36.3 Å². The van der Waals surface area contributed by atoms with Crippen molar-refractivity contribution in [3.8, 4) is 5.69 Å². The van der Waals surface area contributed by atoms with Crippen LogP contribution in [0.5, 0.6) is 0 Å². The first-order valence-electron chi connectivity index (χ1n) is 13.1. The molecular weight excluding hydrogens is 430 g/mol. The number of para-hydroxylation sites is 1. The Labute approximate surface area is 205 Å². The molecule has 0 aliphatic heterocycles. The van der Waals surface area contributed by atoms with Gasteiger partial charge in [-0.3, -0.25) is 4.57 Å². The predicted octanol–water partition coefficient (Wildman–Crippen LogP) is 9.58. The average molecular weight is 476 g/mol. The quantitative estimate of drug-likeness (QED) is 0.141. The molecule has 0 unspecified atom stereocenters. The number of aryl methyl sites for hydroxylation is 1. The molecule has 0 saturated heterocycles. The fourth-order valence-corrected chi connectivity index (χ4v) is 6.22. The normalized spacial score (nSPS) is 11.3. The minimum absolute atomic E-state index is 0.946. The molecule has 0 radical (unpaired) electrons. The van der Waals surface area contributed by atoms with Crippen LogP contribution in [0.15, 0.2) is 35.5 Å². The van der Waals surface area contributed by atoms with Crippen molar-refractivity contribution in [3.05, 3.63) is 36.2 Å². The summed E-state index contributed by atoms with van der Waals surface area (Å²) >= 11 is 0. The molecule has 2 aromatic rings. The van der Waals surface area contributed by atoms with E-state index >= 15 is 0 Å². The van der Waals surface area contributed by atoms with E-state index in [2.05, 4.69) is 46.0 Å². The molecule has 3 nitrogen and oxygen atoms in total. The van der Waals surface area contributed by atoms with E-state index in [1.165, 1.54) is 108 Å². The van der Waals surface area contributed by atoms with Crippen molar-refractivity contribution in [3.63, 3.8) is 0 Å². The van der Waals surface area contributed by atoms with Gasteiger partial charge in [-0.15, -0.1) is 10.2 Å². The van der Waals surface area contributed by atoms with Crippen molar-refractivity contribution in [2.75, 3.05) is 5.75 Å². The molecule has 0 atom stereocenters. The van der Waals surface area contributed by atoms with E-state index in [1.807, 2.05) is 23.8 Å². The minimum Gasteiger partial charge on any atom is -0.274 e. The Morgan fingerprint density at radius 1 is 0.656 bits per heavy atom. The van der Waals surface area contributed by atoms with E-state index in [-0.39, 0.29) is 0 Å². The Hall–Kier alpha value is -0.940. The fraction of sp³-hybridized carbons (Fsp3) is 0.704. The Morgan fingerprint density at radius 2 is 1.16 bits per heavy atom. The van der Waals surface area contributed by atoms with Gasteiger partial charge in [0.25, 0.3) is 0 Å². The third-order valence-corrected chi connectivity index (χ3v) is 8.31. The van der Waals surface area contributed by atoms with Crippen LogP contribution in [0.2, 0.25) is 0 Å². The highest BCUT2D eigenvalue weighted by Crippen LogP contribution is 2.32. The Balaban J connectivity index is 1.38. The SMILES string of the molecule is CCCCCCCCCCCCCCCCCCSSc1nnc(C)n1-c1ccccc1. The molecule has 0 aliphatic carbocycles. The van der Waals surface area contributed by atoms with Crippen LogP contribution in [-0.2, 0) is 0 Å². The maximum absolute atomic E-state index is 4.36. The second-order valence-electron chi connectivity index (χ2n) is 8.91. The van der Waals surface area contributed by atoms with Crippen LogP contribution in [0.4, 0.5) is 0 Å². The minimum atomic E-state index is 0.946. The fourth-order valence-electron chi connectivity index (χ4n) is 4.07. The lowest BCUT2D eigenvalue weighted by Crippen LogP contribution is -1.97. The van der Waals surface area contributed by atoms with Crippen LogP contribution in [0.3, 0.4) is 0 Å². The standard InChI is InChI=1S/C27H45N3S2/c1-3-4-5-6-7-8-9-10-11-12-13-14-15-16-17-21-24-31-32-27-29-28-25(2)30(27)26-22-19-18-20-23-26/h18-20,22-23H,3-17,21,24H2,1-2H3. The highest BCUT2D eigenvalue weighted by molar-refractivity contribution is 8.76. The summed E-state index contributed by atoms with van der Waals surface area (Å²) in [5.41, 5.74) is 1.14. The lowest BCUT2D eigenvalue weighted by Gasteiger charge is -2.07. The molecule has 0 saturated carbocycles. The zero-order chi connectivity index (χ0) is 22.7. The zero-order valence-corrected chi connectivity index (χ0v) is 22.2. The van der Waals surface area contributed by atoms with Gasteiger partial charge in [0.1, 0.15) is 5.82 Å².